The van der Waals surface area contributed by atoms with Crippen LogP contribution in [-0.4, -0.2) is 27.2 Å². The quantitative estimate of drug-likeness (QED) is 0.857. The van der Waals surface area contributed by atoms with Gasteiger partial charge in [-0.3, -0.25) is 4.79 Å². The first-order valence-corrected chi connectivity index (χ1v) is 7.65. The van der Waals surface area contributed by atoms with E-state index in [1.165, 1.54) is 0 Å². The summed E-state index contributed by atoms with van der Waals surface area (Å²) in [5.41, 5.74) is 6.35. The molecule has 1 saturated carbocycles. The minimum absolute atomic E-state index is 0.0932. The lowest BCUT2D eigenvalue weighted by Crippen LogP contribution is -2.24. The summed E-state index contributed by atoms with van der Waals surface area (Å²) in [5.74, 6) is -0.566. The highest BCUT2D eigenvalue weighted by Crippen LogP contribution is 2.61. The van der Waals surface area contributed by atoms with Crippen LogP contribution in [-0.2, 0) is 10.2 Å². The van der Waals surface area contributed by atoms with Crippen molar-refractivity contribution in [3.05, 3.63) is 48.5 Å². The van der Waals surface area contributed by atoms with Gasteiger partial charge in [-0.15, -0.1) is 0 Å². The van der Waals surface area contributed by atoms with Crippen molar-refractivity contribution in [2.75, 3.05) is 6.54 Å². The van der Waals surface area contributed by atoms with Gasteiger partial charge in [0, 0.05) is 11.9 Å². The number of hydrogen-bond acceptors (Lipinski definition) is 3. The molecule has 1 aliphatic rings. The van der Waals surface area contributed by atoms with Gasteiger partial charge in [0.15, 0.2) is 0 Å². The number of rotatable bonds is 6. The lowest BCUT2D eigenvalue weighted by atomic mass is 9.97. The van der Waals surface area contributed by atoms with Gasteiger partial charge in [0.05, 0.1) is 12.0 Å². The minimum atomic E-state index is -0.852. The molecule has 1 aromatic heterocycles. The van der Waals surface area contributed by atoms with Crippen LogP contribution in [0.1, 0.15) is 25.5 Å². The highest BCUT2D eigenvalue weighted by molar-refractivity contribution is 5.86. The van der Waals surface area contributed by atoms with E-state index in [0.717, 1.165) is 18.5 Å². The Hall–Kier alpha value is -2.14. The summed E-state index contributed by atoms with van der Waals surface area (Å²) in [6.07, 6.45) is 5.23. The van der Waals surface area contributed by atoms with Crippen molar-refractivity contribution >= 4 is 5.97 Å². The van der Waals surface area contributed by atoms with E-state index < -0.39 is 11.4 Å². The molecule has 22 heavy (non-hydrogen) atoms. The SMILES string of the molecule is C[C@H]1[C@@H](CCCN)[C@]1(C(=O)O)c1cn(-c2ccccc2)cn1. The van der Waals surface area contributed by atoms with E-state index in [2.05, 4.69) is 4.98 Å². The number of para-hydroxylation sites is 1. The van der Waals surface area contributed by atoms with E-state index in [-0.39, 0.29) is 11.8 Å². The van der Waals surface area contributed by atoms with Crippen molar-refractivity contribution < 1.29 is 9.90 Å². The molecule has 1 aromatic carbocycles. The summed E-state index contributed by atoms with van der Waals surface area (Å²) in [4.78, 5) is 16.3. The van der Waals surface area contributed by atoms with E-state index in [9.17, 15) is 9.90 Å². The van der Waals surface area contributed by atoms with Crippen LogP contribution in [0, 0.1) is 11.8 Å². The minimum Gasteiger partial charge on any atom is -0.481 e. The molecule has 3 rings (SSSR count). The summed E-state index contributed by atoms with van der Waals surface area (Å²) >= 11 is 0. The zero-order valence-electron chi connectivity index (χ0n) is 12.6. The van der Waals surface area contributed by atoms with Gasteiger partial charge >= 0.3 is 5.97 Å². The lowest BCUT2D eigenvalue weighted by Gasteiger charge is -2.10. The number of benzene rings is 1. The van der Waals surface area contributed by atoms with Crippen LogP contribution >= 0.6 is 0 Å². The molecule has 116 valence electrons. The van der Waals surface area contributed by atoms with Crippen LogP contribution in [0.5, 0.6) is 0 Å². The third kappa shape index (κ3) is 2.13. The fourth-order valence-corrected chi connectivity index (χ4v) is 3.63. The fraction of sp³-hybridized carbons (Fsp3) is 0.412. The maximum Gasteiger partial charge on any atom is 0.316 e. The van der Waals surface area contributed by atoms with Crippen molar-refractivity contribution in [2.24, 2.45) is 17.6 Å². The molecular formula is C17H21N3O2. The number of aliphatic carboxylic acids is 1. The molecule has 5 heteroatoms. The van der Waals surface area contributed by atoms with Crippen molar-refractivity contribution in [1.29, 1.82) is 0 Å². The summed E-state index contributed by atoms with van der Waals surface area (Å²) in [6.45, 7) is 2.59. The third-order valence-corrected chi connectivity index (χ3v) is 4.93. The second-order valence-electron chi connectivity index (χ2n) is 6.00. The second-order valence-corrected chi connectivity index (χ2v) is 6.00. The van der Waals surface area contributed by atoms with Gasteiger partial charge in [0.1, 0.15) is 5.41 Å². The number of nitrogens with two attached hydrogens (primary N) is 1. The topological polar surface area (TPSA) is 81.1 Å². The van der Waals surface area contributed by atoms with Crippen LogP contribution in [0.3, 0.4) is 0 Å². The van der Waals surface area contributed by atoms with Gasteiger partial charge in [-0.2, -0.15) is 0 Å². The predicted molar refractivity (Wildman–Crippen MR) is 83.8 cm³/mol. The Bertz CT molecular complexity index is 668. The molecular weight excluding hydrogens is 278 g/mol. The Kier molecular flexibility index (Phi) is 3.74. The van der Waals surface area contributed by atoms with E-state index in [4.69, 9.17) is 5.73 Å². The average molecular weight is 299 g/mol. The highest BCUT2D eigenvalue weighted by atomic mass is 16.4. The largest absolute Gasteiger partial charge is 0.481 e. The summed E-state index contributed by atoms with van der Waals surface area (Å²) in [5, 5.41) is 9.80. The first-order chi connectivity index (χ1) is 10.6. The van der Waals surface area contributed by atoms with Crippen molar-refractivity contribution in [2.45, 2.75) is 25.2 Å². The molecule has 3 N–H and O–H groups in total. The predicted octanol–water partition coefficient (Wildman–Crippen LogP) is 2.20. The Morgan fingerprint density at radius 2 is 2.14 bits per heavy atom. The molecule has 5 nitrogen and oxygen atoms in total. The van der Waals surface area contributed by atoms with Crippen LogP contribution in [0.2, 0.25) is 0 Å². The summed E-state index contributed by atoms with van der Waals surface area (Å²) in [6, 6.07) is 9.80. The molecule has 0 radical (unpaired) electrons. The molecule has 2 aromatic rings. The Balaban J connectivity index is 1.92. The van der Waals surface area contributed by atoms with Gasteiger partial charge in [-0.05, 0) is 43.4 Å². The highest BCUT2D eigenvalue weighted by Gasteiger charge is 2.69. The Labute approximate surface area is 129 Å². The average Bonchev–Trinajstić information content (AvgIpc) is 2.88. The van der Waals surface area contributed by atoms with Crippen LogP contribution in [0.15, 0.2) is 42.9 Å². The van der Waals surface area contributed by atoms with Crippen LogP contribution in [0.25, 0.3) is 5.69 Å². The number of carboxylic acid groups (broad SMARTS) is 1. The third-order valence-electron chi connectivity index (χ3n) is 4.93. The molecule has 1 heterocycles. The van der Waals surface area contributed by atoms with Gasteiger partial charge < -0.3 is 15.4 Å². The Morgan fingerprint density at radius 3 is 2.77 bits per heavy atom. The normalized spacial score (nSPS) is 26.8. The number of aromatic nitrogens is 2. The second kappa shape index (κ2) is 5.57. The molecule has 3 atom stereocenters. The van der Waals surface area contributed by atoms with E-state index in [1.807, 2.05) is 48.0 Å². The number of imidazole rings is 1. The first-order valence-electron chi connectivity index (χ1n) is 7.65. The molecule has 0 aliphatic heterocycles. The number of nitrogens with zero attached hydrogens (tertiary/aromatic N) is 2. The van der Waals surface area contributed by atoms with Gasteiger partial charge in [-0.1, -0.05) is 25.1 Å². The van der Waals surface area contributed by atoms with Crippen molar-refractivity contribution in [3.63, 3.8) is 0 Å². The van der Waals surface area contributed by atoms with Crippen LogP contribution < -0.4 is 5.73 Å². The standard InChI is InChI=1S/C17H21N3O2/c1-12-14(8-5-9-18)17(12,16(21)22)15-10-20(11-19-15)13-6-3-2-4-7-13/h2-4,6-7,10-12,14H,5,8-9,18H2,1H3,(H,21,22)/t12-,14+,17-/m0/s1. The molecule has 0 spiro atoms. The maximum absolute atomic E-state index is 11.9. The monoisotopic (exact) mass is 299 g/mol. The smallest absolute Gasteiger partial charge is 0.316 e. The lowest BCUT2D eigenvalue weighted by molar-refractivity contribution is -0.141. The zero-order chi connectivity index (χ0) is 15.7. The number of hydrogen-bond donors (Lipinski definition) is 2. The zero-order valence-corrected chi connectivity index (χ0v) is 12.6. The van der Waals surface area contributed by atoms with Crippen molar-refractivity contribution in [1.82, 2.24) is 9.55 Å². The number of carboxylic acids is 1. The molecule has 0 unspecified atom stereocenters. The Morgan fingerprint density at radius 1 is 1.41 bits per heavy atom. The van der Waals surface area contributed by atoms with Gasteiger partial charge in [-0.25, -0.2) is 4.98 Å². The van der Waals surface area contributed by atoms with E-state index in [1.54, 1.807) is 6.33 Å². The molecule has 0 saturated heterocycles. The summed E-state index contributed by atoms with van der Waals surface area (Å²) in [7, 11) is 0. The van der Waals surface area contributed by atoms with E-state index >= 15 is 0 Å². The number of carbonyl (C=O) groups is 1. The summed E-state index contributed by atoms with van der Waals surface area (Å²) < 4.78 is 1.88. The maximum atomic E-state index is 11.9. The first kappa shape index (κ1) is 14.8. The fourth-order valence-electron chi connectivity index (χ4n) is 3.63. The van der Waals surface area contributed by atoms with Gasteiger partial charge in [0.2, 0.25) is 0 Å². The molecule has 0 amide bonds. The van der Waals surface area contributed by atoms with Gasteiger partial charge in [0.25, 0.3) is 0 Å². The van der Waals surface area contributed by atoms with Crippen molar-refractivity contribution in [3.8, 4) is 5.69 Å². The van der Waals surface area contributed by atoms with Crippen LogP contribution in [0.4, 0.5) is 0 Å². The molecule has 0 bridgehead atoms. The molecule has 1 fully saturated rings. The van der Waals surface area contributed by atoms with E-state index in [0.29, 0.717) is 12.2 Å². The molecule has 1 aliphatic carbocycles.